The Balaban J connectivity index is 2.30. The Morgan fingerprint density at radius 1 is 1.39 bits per heavy atom. The summed E-state index contributed by atoms with van der Waals surface area (Å²) in [6.45, 7) is 4.21. The second-order valence-electron chi connectivity index (χ2n) is 4.37. The lowest BCUT2D eigenvalue weighted by atomic mass is 10.0. The minimum Gasteiger partial charge on any atom is -0.375 e. The zero-order valence-corrected chi connectivity index (χ0v) is 12.2. The van der Waals surface area contributed by atoms with Crippen molar-refractivity contribution in [3.63, 3.8) is 0 Å². The Kier molecular flexibility index (Phi) is 4.25. The van der Waals surface area contributed by atoms with Crippen molar-refractivity contribution >= 4 is 28.1 Å². The van der Waals surface area contributed by atoms with E-state index in [-0.39, 0.29) is 0 Å². The minimum absolute atomic E-state index is 0.660. The van der Waals surface area contributed by atoms with Gasteiger partial charge in [0.1, 0.15) is 0 Å². The molecule has 0 aliphatic rings. The van der Waals surface area contributed by atoms with Gasteiger partial charge >= 0.3 is 0 Å². The molecule has 0 fully saturated rings. The largest absolute Gasteiger partial charge is 0.375 e. The Labute approximate surface area is 117 Å². The van der Waals surface area contributed by atoms with Gasteiger partial charge in [-0.15, -0.1) is 11.3 Å². The predicted octanol–water partition coefficient (Wildman–Crippen LogP) is 4.23. The number of benzene rings is 1. The summed E-state index contributed by atoms with van der Waals surface area (Å²) in [6.07, 6.45) is 2.95. The number of nitrogen functional groups attached to an aromatic ring is 1. The molecule has 2 N–H and O–H groups in total. The number of thiazole rings is 1. The third-order valence-electron chi connectivity index (χ3n) is 3.01. The second kappa shape index (κ2) is 5.72. The average Bonchev–Trinajstić information content (AvgIpc) is 2.66. The molecule has 0 atom stereocenters. The molecule has 0 saturated carbocycles. The maximum atomic E-state index is 6.15. The first-order chi connectivity index (χ1) is 8.61. The van der Waals surface area contributed by atoms with Crippen molar-refractivity contribution in [1.82, 2.24) is 4.98 Å². The van der Waals surface area contributed by atoms with E-state index in [0.717, 1.165) is 35.5 Å². The number of nitrogens with zero attached hydrogens (tertiary/aromatic N) is 1. The van der Waals surface area contributed by atoms with Crippen LogP contribution < -0.4 is 5.73 Å². The highest BCUT2D eigenvalue weighted by Crippen LogP contribution is 2.27. The molecule has 4 heteroatoms. The van der Waals surface area contributed by atoms with Gasteiger partial charge in [-0.25, -0.2) is 4.98 Å². The van der Waals surface area contributed by atoms with Crippen molar-refractivity contribution in [1.29, 1.82) is 0 Å². The van der Waals surface area contributed by atoms with Crippen molar-refractivity contribution in [3.8, 4) is 0 Å². The molecule has 0 amide bonds. The molecule has 1 aromatic heterocycles. The maximum absolute atomic E-state index is 6.15. The van der Waals surface area contributed by atoms with Crippen LogP contribution in [-0.4, -0.2) is 4.98 Å². The fraction of sp³-hybridized carbons (Fsp3) is 0.357. The lowest BCUT2D eigenvalue weighted by Gasteiger charge is -2.07. The summed E-state index contributed by atoms with van der Waals surface area (Å²) < 4.78 is 0. The van der Waals surface area contributed by atoms with Gasteiger partial charge < -0.3 is 5.73 Å². The summed E-state index contributed by atoms with van der Waals surface area (Å²) in [5.74, 6) is 0. The topological polar surface area (TPSA) is 38.9 Å². The van der Waals surface area contributed by atoms with Gasteiger partial charge in [0, 0.05) is 16.3 Å². The van der Waals surface area contributed by atoms with Crippen LogP contribution in [0.4, 0.5) is 5.13 Å². The van der Waals surface area contributed by atoms with E-state index in [1.807, 2.05) is 12.1 Å². The molecule has 0 radical (unpaired) electrons. The first kappa shape index (κ1) is 13.4. The van der Waals surface area contributed by atoms with Gasteiger partial charge in [0.15, 0.2) is 5.13 Å². The number of nitrogens with two attached hydrogens (primary N) is 1. The molecule has 18 heavy (non-hydrogen) atoms. The lowest BCUT2D eigenvalue weighted by Crippen LogP contribution is -1.95. The van der Waals surface area contributed by atoms with Crippen LogP contribution in [-0.2, 0) is 12.8 Å². The molecule has 1 heterocycles. The summed E-state index contributed by atoms with van der Waals surface area (Å²) in [5.41, 5.74) is 9.35. The number of aryl methyl sites for hydroxylation is 1. The molecule has 2 rings (SSSR count). The lowest BCUT2D eigenvalue weighted by molar-refractivity contribution is 0.879. The van der Waals surface area contributed by atoms with Crippen LogP contribution >= 0.6 is 22.9 Å². The van der Waals surface area contributed by atoms with E-state index < -0.39 is 0 Å². The number of rotatable bonds is 4. The average molecular weight is 281 g/mol. The van der Waals surface area contributed by atoms with E-state index in [0.29, 0.717) is 5.13 Å². The molecule has 1 aromatic carbocycles. The Morgan fingerprint density at radius 2 is 2.17 bits per heavy atom. The third-order valence-corrected chi connectivity index (χ3v) is 4.35. The Hall–Kier alpha value is -1.06. The Morgan fingerprint density at radius 3 is 2.89 bits per heavy atom. The number of halogens is 1. The highest BCUT2D eigenvalue weighted by Gasteiger charge is 2.11. The van der Waals surface area contributed by atoms with Crippen LogP contribution in [0.1, 0.15) is 35.0 Å². The summed E-state index contributed by atoms with van der Waals surface area (Å²) in [6, 6.07) is 6.04. The highest BCUT2D eigenvalue weighted by molar-refractivity contribution is 7.15. The Bertz CT molecular complexity index is 549. The summed E-state index contributed by atoms with van der Waals surface area (Å²) in [5, 5.41) is 1.48. The second-order valence-corrected chi connectivity index (χ2v) is 5.90. The van der Waals surface area contributed by atoms with E-state index in [1.165, 1.54) is 10.4 Å². The molecule has 0 aliphatic carbocycles. The molecule has 2 aromatic rings. The maximum Gasteiger partial charge on any atom is 0.180 e. The number of hydrogen-bond donors (Lipinski definition) is 1. The molecule has 0 saturated heterocycles. The van der Waals surface area contributed by atoms with E-state index in [4.69, 9.17) is 17.3 Å². The van der Waals surface area contributed by atoms with E-state index >= 15 is 0 Å². The van der Waals surface area contributed by atoms with Gasteiger partial charge in [0.05, 0.1) is 5.69 Å². The van der Waals surface area contributed by atoms with E-state index in [1.54, 1.807) is 11.3 Å². The minimum atomic E-state index is 0.660. The quantitative estimate of drug-likeness (QED) is 0.910. The molecule has 0 spiro atoms. The standard InChI is InChI=1S/C14H17ClN2S/c1-3-5-12-13(18-14(16)17-12)8-10-6-4-7-11(15)9(10)2/h4,6-7H,3,5,8H2,1-2H3,(H2,16,17). The SMILES string of the molecule is CCCc1nc(N)sc1Cc1cccc(Cl)c1C. The van der Waals surface area contributed by atoms with Gasteiger partial charge in [0.2, 0.25) is 0 Å². The fourth-order valence-corrected chi connectivity index (χ4v) is 3.09. The van der Waals surface area contributed by atoms with Crippen molar-refractivity contribution < 1.29 is 0 Å². The van der Waals surface area contributed by atoms with Crippen LogP contribution in [0.25, 0.3) is 0 Å². The molecular formula is C14H17ClN2S. The number of anilines is 1. The molecular weight excluding hydrogens is 264 g/mol. The van der Waals surface area contributed by atoms with Crippen molar-refractivity contribution in [3.05, 3.63) is 44.9 Å². The fourth-order valence-electron chi connectivity index (χ4n) is 1.99. The van der Waals surface area contributed by atoms with Crippen molar-refractivity contribution in [2.75, 3.05) is 5.73 Å². The number of aromatic nitrogens is 1. The van der Waals surface area contributed by atoms with E-state index in [2.05, 4.69) is 24.9 Å². The summed E-state index contributed by atoms with van der Waals surface area (Å²) >= 11 is 7.74. The summed E-state index contributed by atoms with van der Waals surface area (Å²) in [7, 11) is 0. The summed E-state index contributed by atoms with van der Waals surface area (Å²) in [4.78, 5) is 5.68. The molecule has 96 valence electrons. The molecule has 0 aliphatic heterocycles. The number of hydrogen-bond acceptors (Lipinski definition) is 3. The third kappa shape index (κ3) is 2.85. The highest BCUT2D eigenvalue weighted by atomic mass is 35.5. The van der Waals surface area contributed by atoms with Crippen LogP contribution in [0.3, 0.4) is 0 Å². The monoisotopic (exact) mass is 280 g/mol. The molecule has 0 bridgehead atoms. The normalized spacial score (nSPS) is 10.8. The van der Waals surface area contributed by atoms with Gasteiger partial charge in [-0.3, -0.25) is 0 Å². The van der Waals surface area contributed by atoms with E-state index in [9.17, 15) is 0 Å². The smallest absolute Gasteiger partial charge is 0.180 e. The zero-order chi connectivity index (χ0) is 13.1. The van der Waals surface area contributed by atoms with Gasteiger partial charge in [0.25, 0.3) is 0 Å². The van der Waals surface area contributed by atoms with Gasteiger partial charge in [-0.1, -0.05) is 37.1 Å². The zero-order valence-electron chi connectivity index (χ0n) is 10.7. The first-order valence-corrected chi connectivity index (χ1v) is 7.29. The van der Waals surface area contributed by atoms with Crippen LogP contribution in [0.15, 0.2) is 18.2 Å². The van der Waals surface area contributed by atoms with Crippen LogP contribution in [0.5, 0.6) is 0 Å². The van der Waals surface area contributed by atoms with Crippen molar-refractivity contribution in [2.45, 2.75) is 33.1 Å². The predicted molar refractivity (Wildman–Crippen MR) is 79.5 cm³/mol. The molecule has 2 nitrogen and oxygen atoms in total. The molecule has 0 unspecified atom stereocenters. The van der Waals surface area contributed by atoms with Gasteiger partial charge in [-0.2, -0.15) is 0 Å². The van der Waals surface area contributed by atoms with Crippen molar-refractivity contribution in [2.24, 2.45) is 0 Å². The van der Waals surface area contributed by atoms with Crippen LogP contribution in [0.2, 0.25) is 5.02 Å². The first-order valence-electron chi connectivity index (χ1n) is 6.09. The van der Waals surface area contributed by atoms with Gasteiger partial charge in [-0.05, 0) is 30.5 Å². The van der Waals surface area contributed by atoms with Crippen LogP contribution in [0, 0.1) is 6.92 Å².